The molecular weight excluding hydrogens is 265 g/mol. The summed E-state index contributed by atoms with van der Waals surface area (Å²) < 4.78 is 24.3. The number of rotatable bonds is 3. The normalized spacial score (nSPS) is 24.3. The van der Waals surface area contributed by atoms with Crippen molar-refractivity contribution in [2.24, 2.45) is 0 Å². The number of ether oxygens (including phenoxy) is 2. The van der Waals surface area contributed by atoms with Crippen LogP contribution in [0.2, 0.25) is 0 Å². The average molecular weight is 279 g/mol. The van der Waals surface area contributed by atoms with Crippen molar-refractivity contribution in [1.29, 1.82) is 0 Å². The predicted octanol–water partition coefficient (Wildman–Crippen LogP) is 2.00. The van der Waals surface area contributed by atoms with Crippen molar-refractivity contribution in [1.82, 2.24) is 5.32 Å². The molecule has 1 N–H and O–H groups in total. The van der Waals surface area contributed by atoms with E-state index in [9.17, 15) is 14.0 Å². The number of benzene rings is 1. The van der Waals surface area contributed by atoms with E-state index in [1.807, 2.05) is 6.92 Å². The van der Waals surface area contributed by atoms with Crippen LogP contribution in [0.5, 0.6) is 5.75 Å². The molecule has 106 valence electrons. The van der Waals surface area contributed by atoms with Gasteiger partial charge in [-0.3, -0.25) is 4.79 Å². The number of carbonyl (C=O) groups excluding carboxylic acids is 2. The summed E-state index contributed by atoms with van der Waals surface area (Å²) >= 11 is 0. The van der Waals surface area contributed by atoms with Crippen LogP contribution < -0.4 is 10.1 Å². The van der Waals surface area contributed by atoms with E-state index < -0.39 is 12.2 Å². The first-order chi connectivity index (χ1) is 9.56. The molecule has 1 aliphatic heterocycles. The minimum absolute atomic E-state index is 0.108. The van der Waals surface area contributed by atoms with Gasteiger partial charge in [-0.1, -0.05) is 6.92 Å². The van der Waals surface area contributed by atoms with E-state index >= 15 is 0 Å². The van der Waals surface area contributed by atoms with Crippen molar-refractivity contribution < 1.29 is 23.5 Å². The van der Waals surface area contributed by atoms with Crippen LogP contribution in [0.15, 0.2) is 12.1 Å². The van der Waals surface area contributed by atoms with Gasteiger partial charge in [0.05, 0.1) is 12.1 Å². The molecule has 2 unspecified atom stereocenters. The second-order valence-corrected chi connectivity index (χ2v) is 5.08. The van der Waals surface area contributed by atoms with Crippen molar-refractivity contribution in [2.75, 3.05) is 13.2 Å². The maximum absolute atomic E-state index is 13.8. The Morgan fingerprint density at radius 1 is 1.45 bits per heavy atom. The highest BCUT2D eigenvalue weighted by molar-refractivity contribution is 6.03. The number of carbonyl (C=O) groups is 2. The molecule has 1 heterocycles. The molecule has 1 aliphatic carbocycles. The van der Waals surface area contributed by atoms with Crippen LogP contribution in [0, 0.1) is 5.82 Å². The van der Waals surface area contributed by atoms with Gasteiger partial charge in [0.2, 0.25) is 0 Å². The summed E-state index contributed by atoms with van der Waals surface area (Å²) in [5.74, 6) is -0.256. The Labute approximate surface area is 115 Å². The first kappa shape index (κ1) is 12.9. The van der Waals surface area contributed by atoms with Gasteiger partial charge < -0.3 is 14.8 Å². The Balaban J connectivity index is 1.81. The molecule has 0 spiro atoms. The zero-order valence-corrected chi connectivity index (χ0v) is 10.9. The Morgan fingerprint density at radius 3 is 2.95 bits per heavy atom. The predicted molar refractivity (Wildman–Crippen MR) is 67.5 cm³/mol. The minimum Gasteiger partial charge on any atom is -0.489 e. The minimum atomic E-state index is -0.479. The highest BCUT2D eigenvalue weighted by Gasteiger charge is 2.33. The lowest BCUT2D eigenvalue weighted by molar-refractivity contribution is 0.0960. The molecule has 2 aliphatic rings. The second-order valence-electron chi connectivity index (χ2n) is 5.08. The van der Waals surface area contributed by atoms with Crippen LogP contribution in [0.3, 0.4) is 0 Å². The van der Waals surface area contributed by atoms with E-state index in [4.69, 9.17) is 9.47 Å². The number of hydrogen-bond donors (Lipinski definition) is 1. The van der Waals surface area contributed by atoms with Crippen molar-refractivity contribution in [3.05, 3.63) is 29.1 Å². The fraction of sp³-hybridized carbons (Fsp3) is 0.429. The maximum Gasteiger partial charge on any atom is 0.407 e. The molecule has 5 nitrogen and oxygen atoms in total. The van der Waals surface area contributed by atoms with Crippen LogP contribution >= 0.6 is 0 Å². The topological polar surface area (TPSA) is 64.6 Å². The zero-order valence-electron chi connectivity index (χ0n) is 10.9. The molecule has 1 amide bonds. The maximum atomic E-state index is 13.8. The monoisotopic (exact) mass is 279 g/mol. The Bertz CT molecular complexity index is 587. The van der Waals surface area contributed by atoms with Gasteiger partial charge in [0.1, 0.15) is 18.2 Å². The first-order valence-electron chi connectivity index (χ1n) is 6.49. The van der Waals surface area contributed by atoms with Gasteiger partial charge in [-0.25, -0.2) is 9.18 Å². The average Bonchev–Trinajstić information content (AvgIpc) is 2.94. The van der Waals surface area contributed by atoms with Gasteiger partial charge in [0.15, 0.2) is 11.9 Å². The molecule has 0 bridgehead atoms. The van der Waals surface area contributed by atoms with Gasteiger partial charge in [0, 0.05) is 12.0 Å². The van der Waals surface area contributed by atoms with Crippen molar-refractivity contribution in [3.8, 4) is 5.75 Å². The van der Waals surface area contributed by atoms with Crippen molar-refractivity contribution in [3.63, 3.8) is 0 Å². The number of hydrogen-bond acceptors (Lipinski definition) is 4. The first-order valence-corrected chi connectivity index (χ1v) is 6.49. The fourth-order valence-electron chi connectivity index (χ4n) is 2.65. The number of Topliss-reactive ketones (excluding diaryl/α,β-unsaturated/α-hetero) is 1. The summed E-state index contributed by atoms with van der Waals surface area (Å²) in [5.41, 5.74) is 0.754. The second kappa shape index (κ2) is 4.77. The summed E-state index contributed by atoms with van der Waals surface area (Å²) in [6.07, 6.45) is -0.572. The smallest absolute Gasteiger partial charge is 0.407 e. The lowest BCUT2D eigenvalue weighted by atomic mass is 10.0. The highest BCUT2D eigenvalue weighted by atomic mass is 19.1. The summed E-state index contributed by atoms with van der Waals surface area (Å²) in [6, 6.07) is 2.76. The molecule has 20 heavy (non-hydrogen) atoms. The van der Waals surface area contributed by atoms with E-state index in [1.54, 1.807) is 0 Å². The largest absolute Gasteiger partial charge is 0.489 e. The van der Waals surface area contributed by atoms with E-state index in [2.05, 4.69) is 5.32 Å². The number of fused-ring (bicyclic) bond motifs is 1. The number of nitrogens with one attached hydrogen (secondary N) is 1. The van der Waals surface area contributed by atoms with E-state index in [0.717, 1.165) is 0 Å². The van der Waals surface area contributed by atoms with Crippen molar-refractivity contribution >= 4 is 11.9 Å². The fourth-order valence-corrected chi connectivity index (χ4v) is 2.65. The molecule has 3 rings (SSSR count). The quantitative estimate of drug-likeness (QED) is 0.919. The Kier molecular flexibility index (Phi) is 3.08. The molecule has 0 aromatic heterocycles. The Morgan fingerprint density at radius 2 is 2.25 bits per heavy atom. The third-order valence-electron chi connectivity index (χ3n) is 3.59. The number of cyclic esters (lactones) is 1. The molecule has 0 radical (unpaired) electrons. The summed E-state index contributed by atoms with van der Waals surface area (Å²) in [6.45, 7) is 2.32. The number of halogens is 1. The summed E-state index contributed by atoms with van der Waals surface area (Å²) in [7, 11) is 0. The molecule has 2 atom stereocenters. The third-order valence-corrected chi connectivity index (χ3v) is 3.59. The van der Waals surface area contributed by atoms with Crippen LogP contribution in [0.1, 0.15) is 35.2 Å². The van der Waals surface area contributed by atoms with Gasteiger partial charge in [-0.15, -0.1) is 0 Å². The van der Waals surface area contributed by atoms with Crippen LogP contribution in [0.25, 0.3) is 0 Å². The summed E-state index contributed by atoms with van der Waals surface area (Å²) in [5, 5.41) is 2.52. The molecule has 0 saturated carbocycles. The molecule has 1 fully saturated rings. The van der Waals surface area contributed by atoms with Crippen LogP contribution in [-0.2, 0) is 4.74 Å². The van der Waals surface area contributed by atoms with Gasteiger partial charge in [-0.2, -0.15) is 0 Å². The lowest BCUT2D eigenvalue weighted by Crippen LogP contribution is -2.22. The van der Waals surface area contributed by atoms with Gasteiger partial charge >= 0.3 is 6.09 Å². The number of ketones is 1. The molecule has 1 aromatic rings. The summed E-state index contributed by atoms with van der Waals surface area (Å²) in [4.78, 5) is 22.9. The van der Waals surface area contributed by atoms with Gasteiger partial charge in [0.25, 0.3) is 0 Å². The van der Waals surface area contributed by atoms with E-state index in [-0.39, 0.29) is 24.1 Å². The Hall–Kier alpha value is -2.11. The molecule has 6 heteroatoms. The van der Waals surface area contributed by atoms with Crippen LogP contribution in [0.4, 0.5) is 9.18 Å². The molecule has 1 aromatic carbocycles. The van der Waals surface area contributed by atoms with Crippen molar-refractivity contribution in [2.45, 2.75) is 25.4 Å². The third kappa shape index (κ3) is 2.11. The zero-order chi connectivity index (χ0) is 14.3. The van der Waals surface area contributed by atoms with Gasteiger partial charge in [-0.05, 0) is 18.1 Å². The van der Waals surface area contributed by atoms with E-state index in [0.29, 0.717) is 29.8 Å². The van der Waals surface area contributed by atoms with Crippen LogP contribution in [-0.4, -0.2) is 31.1 Å². The van der Waals surface area contributed by atoms with E-state index in [1.165, 1.54) is 12.1 Å². The number of alkyl carbamates (subject to hydrolysis) is 1. The SMILES string of the molecule is CC1CC(=O)c2c(OCC3CNC(=O)O3)ccc(F)c21. The number of amides is 1. The molecular formula is C14H14FNO4. The standard InChI is InChI=1S/C14H14FNO4/c1-7-4-10(17)13-11(3-2-9(15)12(7)13)19-6-8-5-16-14(18)20-8/h2-3,7-8H,4-6H2,1H3,(H,16,18). The lowest BCUT2D eigenvalue weighted by Gasteiger charge is -2.13. The highest BCUT2D eigenvalue weighted by Crippen LogP contribution is 2.39. The molecule has 1 saturated heterocycles.